The van der Waals surface area contributed by atoms with E-state index < -0.39 is 23.4 Å². The van der Waals surface area contributed by atoms with E-state index in [9.17, 15) is 15.3 Å². The Labute approximate surface area is 194 Å². The molecule has 0 spiro atoms. The van der Waals surface area contributed by atoms with Crippen molar-refractivity contribution in [1.82, 2.24) is 0 Å². The summed E-state index contributed by atoms with van der Waals surface area (Å²) < 4.78 is 0. The predicted octanol–water partition coefficient (Wildman–Crippen LogP) is 5.59. The Morgan fingerprint density at radius 1 is 0.939 bits per heavy atom. The van der Waals surface area contributed by atoms with Gasteiger partial charge in [0.1, 0.15) is 6.04 Å². The van der Waals surface area contributed by atoms with Gasteiger partial charge in [-0.05, 0) is 36.6 Å². The van der Waals surface area contributed by atoms with Gasteiger partial charge in [0.25, 0.3) is 0 Å². The fourth-order valence-corrected chi connectivity index (χ4v) is 5.45. The molecule has 0 N–H and O–H groups in total. The third-order valence-electron chi connectivity index (χ3n) is 7.01. The molecule has 0 radical (unpaired) electrons. The lowest BCUT2D eigenvalue weighted by Gasteiger charge is -2.35. The Morgan fingerprint density at radius 3 is 2.36 bits per heavy atom. The van der Waals surface area contributed by atoms with Gasteiger partial charge in [0.15, 0.2) is 11.2 Å². The molecule has 0 bridgehead atoms. The Balaban J connectivity index is 1.83. The number of ketones is 1. The van der Waals surface area contributed by atoms with Crippen LogP contribution in [0.2, 0.25) is 0 Å². The molecule has 33 heavy (non-hydrogen) atoms. The van der Waals surface area contributed by atoms with Crippen LogP contribution in [-0.2, 0) is 0 Å². The highest BCUT2D eigenvalue weighted by Crippen LogP contribution is 2.56. The third-order valence-corrected chi connectivity index (χ3v) is 7.01. The fourth-order valence-electron chi connectivity index (χ4n) is 5.45. The first-order valence-corrected chi connectivity index (χ1v) is 11.1. The largest absolute Gasteiger partial charge is 0.351 e. The van der Waals surface area contributed by atoms with Crippen molar-refractivity contribution in [3.8, 4) is 12.1 Å². The SMILES string of the molecule is Cc1ccc(C)c([C@H]2[C@H](C(=O)c3ccccc3)N3c4ccccc4C=C[C@H]3C2(C#N)C#N)c1. The molecule has 3 aromatic carbocycles. The van der Waals surface area contributed by atoms with Gasteiger partial charge in [-0.1, -0.05) is 84.4 Å². The fraction of sp³-hybridized carbons (Fsp3) is 0.207. The highest BCUT2D eigenvalue weighted by molar-refractivity contribution is 6.04. The topological polar surface area (TPSA) is 67.9 Å². The van der Waals surface area contributed by atoms with Crippen molar-refractivity contribution in [2.45, 2.75) is 31.8 Å². The molecule has 0 unspecified atom stereocenters. The second-order valence-corrected chi connectivity index (χ2v) is 8.88. The van der Waals surface area contributed by atoms with Crippen molar-refractivity contribution in [1.29, 1.82) is 10.5 Å². The lowest BCUT2D eigenvalue weighted by atomic mass is 9.68. The van der Waals surface area contributed by atoms with E-state index in [1.165, 1.54) is 0 Å². The molecule has 0 amide bonds. The number of benzene rings is 3. The van der Waals surface area contributed by atoms with Gasteiger partial charge >= 0.3 is 0 Å². The van der Waals surface area contributed by atoms with Gasteiger partial charge in [-0.15, -0.1) is 0 Å². The van der Waals surface area contributed by atoms with Gasteiger partial charge in [0.2, 0.25) is 0 Å². The summed E-state index contributed by atoms with van der Waals surface area (Å²) in [7, 11) is 0. The van der Waals surface area contributed by atoms with Crippen LogP contribution in [-0.4, -0.2) is 17.9 Å². The summed E-state index contributed by atoms with van der Waals surface area (Å²) in [6, 6.07) is 26.6. The molecule has 1 fully saturated rings. The first-order valence-electron chi connectivity index (χ1n) is 11.1. The van der Waals surface area contributed by atoms with Gasteiger partial charge in [-0.2, -0.15) is 10.5 Å². The summed E-state index contributed by atoms with van der Waals surface area (Å²) in [5.74, 6) is -0.690. The van der Waals surface area contributed by atoms with Crippen LogP contribution in [0.1, 0.15) is 38.5 Å². The number of hydrogen-bond acceptors (Lipinski definition) is 4. The van der Waals surface area contributed by atoms with Crippen LogP contribution in [0.5, 0.6) is 0 Å². The summed E-state index contributed by atoms with van der Waals surface area (Å²) in [6.07, 6.45) is 3.89. The zero-order chi connectivity index (χ0) is 23.2. The lowest BCUT2D eigenvalue weighted by molar-refractivity contribution is 0.0951. The molecule has 0 aromatic heterocycles. The summed E-state index contributed by atoms with van der Waals surface area (Å²) in [5, 5.41) is 21.0. The number of carbonyl (C=O) groups is 1. The third kappa shape index (κ3) is 2.99. The van der Waals surface area contributed by atoms with E-state index in [-0.39, 0.29) is 5.78 Å². The van der Waals surface area contributed by atoms with Crippen molar-refractivity contribution >= 4 is 17.5 Å². The van der Waals surface area contributed by atoms with Crippen molar-refractivity contribution in [3.05, 3.63) is 107 Å². The van der Waals surface area contributed by atoms with Gasteiger partial charge in [-0.25, -0.2) is 0 Å². The van der Waals surface area contributed by atoms with Gasteiger partial charge in [0, 0.05) is 17.2 Å². The van der Waals surface area contributed by atoms with Crippen LogP contribution in [0.4, 0.5) is 5.69 Å². The van der Waals surface area contributed by atoms with Crippen LogP contribution < -0.4 is 4.90 Å². The Hall–Kier alpha value is -4.15. The summed E-state index contributed by atoms with van der Waals surface area (Å²) in [5.41, 5.74) is 3.91. The molecule has 3 atom stereocenters. The zero-order valence-corrected chi connectivity index (χ0v) is 18.6. The number of fused-ring (bicyclic) bond motifs is 3. The second-order valence-electron chi connectivity index (χ2n) is 8.88. The standard InChI is InChI=1S/C29H23N3O/c1-19-12-13-20(2)23(16-19)26-27(28(33)22-9-4-3-5-10-22)32-24-11-7-6-8-21(24)14-15-25(32)29(26,17-30)18-31/h3-16,25-27H,1-2H3/t25-,26-,27+/m0/s1. The average Bonchev–Trinajstić information content (AvgIpc) is 3.16. The molecule has 1 saturated heterocycles. The molecule has 2 aliphatic rings. The maximum absolute atomic E-state index is 14.1. The van der Waals surface area contributed by atoms with E-state index in [1.54, 1.807) is 0 Å². The van der Waals surface area contributed by atoms with Gasteiger partial charge < -0.3 is 4.90 Å². The molecular formula is C29H23N3O. The average molecular weight is 430 g/mol. The Morgan fingerprint density at radius 2 is 1.64 bits per heavy atom. The number of nitrogens with zero attached hydrogens (tertiary/aromatic N) is 3. The molecular weight excluding hydrogens is 406 g/mol. The minimum absolute atomic E-state index is 0.0796. The summed E-state index contributed by atoms with van der Waals surface area (Å²) >= 11 is 0. The molecule has 3 aromatic rings. The Kier molecular flexibility index (Phi) is 4.88. The molecule has 4 heteroatoms. The first kappa shape index (κ1) is 20.7. The van der Waals surface area contributed by atoms with E-state index in [1.807, 2.05) is 104 Å². The van der Waals surface area contributed by atoms with Crippen molar-refractivity contribution in [2.75, 3.05) is 4.90 Å². The van der Waals surface area contributed by atoms with Gasteiger partial charge in [0.05, 0.1) is 18.2 Å². The minimum atomic E-state index is -1.42. The molecule has 2 heterocycles. The van der Waals surface area contributed by atoms with E-state index in [4.69, 9.17) is 0 Å². The van der Waals surface area contributed by atoms with E-state index >= 15 is 0 Å². The number of hydrogen-bond donors (Lipinski definition) is 0. The number of carbonyl (C=O) groups excluding carboxylic acids is 1. The van der Waals surface area contributed by atoms with Crippen molar-refractivity contribution < 1.29 is 4.79 Å². The molecule has 5 rings (SSSR count). The number of nitriles is 2. The Bertz CT molecular complexity index is 1350. The first-order chi connectivity index (χ1) is 16.0. The van der Waals surface area contributed by atoms with Crippen LogP contribution in [0.25, 0.3) is 6.08 Å². The molecule has 160 valence electrons. The molecule has 4 nitrogen and oxygen atoms in total. The van der Waals surface area contributed by atoms with Crippen LogP contribution >= 0.6 is 0 Å². The minimum Gasteiger partial charge on any atom is -0.351 e. The summed E-state index contributed by atoms with van der Waals surface area (Å²) in [6.45, 7) is 3.98. The number of Topliss-reactive ketones (excluding diaryl/α,β-unsaturated/α-hetero) is 1. The highest BCUT2D eigenvalue weighted by Gasteiger charge is 2.63. The van der Waals surface area contributed by atoms with E-state index in [0.717, 1.165) is 27.9 Å². The zero-order valence-electron chi connectivity index (χ0n) is 18.6. The van der Waals surface area contributed by atoms with Crippen molar-refractivity contribution in [3.63, 3.8) is 0 Å². The van der Waals surface area contributed by atoms with Crippen molar-refractivity contribution in [2.24, 2.45) is 5.41 Å². The predicted molar refractivity (Wildman–Crippen MR) is 129 cm³/mol. The maximum Gasteiger partial charge on any atom is 0.185 e. The van der Waals surface area contributed by atoms with E-state index in [0.29, 0.717) is 5.56 Å². The quantitative estimate of drug-likeness (QED) is 0.509. The normalized spacial score (nSPS) is 22.1. The van der Waals surface area contributed by atoms with Gasteiger partial charge in [-0.3, -0.25) is 4.79 Å². The number of rotatable bonds is 3. The summed E-state index contributed by atoms with van der Waals surface area (Å²) in [4.78, 5) is 16.1. The molecule has 0 saturated carbocycles. The number of aryl methyl sites for hydroxylation is 2. The highest BCUT2D eigenvalue weighted by atomic mass is 16.1. The second kappa shape index (κ2) is 7.76. The number of anilines is 1. The maximum atomic E-state index is 14.1. The smallest absolute Gasteiger partial charge is 0.185 e. The van der Waals surface area contributed by atoms with E-state index in [2.05, 4.69) is 12.1 Å². The van der Waals surface area contributed by atoms with Crippen LogP contribution in [0.3, 0.4) is 0 Å². The van der Waals surface area contributed by atoms with Crippen LogP contribution in [0.15, 0.2) is 78.9 Å². The lowest BCUT2D eigenvalue weighted by Crippen LogP contribution is -2.44. The number of para-hydroxylation sites is 1. The molecule has 0 aliphatic carbocycles. The monoisotopic (exact) mass is 429 g/mol. The van der Waals surface area contributed by atoms with Crippen LogP contribution in [0, 0.1) is 41.9 Å². The molecule has 2 aliphatic heterocycles.